The average molecular weight is 503 g/mol. The van der Waals surface area contributed by atoms with Crippen LogP contribution in [0.4, 0.5) is 5.69 Å². The Bertz CT molecular complexity index is 973. The molecule has 0 aromatic heterocycles. The molecule has 1 amide bonds. The fourth-order valence-electron chi connectivity index (χ4n) is 2.48. The van der Waals surface area contributed by atoms with Crippen LogP contribution in [0.2, 0.25) is 10.0 Å². The van der Waals surface area contributed by atoms with E-state index in [1.54, 1.807) is 43.3 Å². The number of carbonyl (C=O) groups excluding carboxylic acids is 1. The molecule has 0 saturated heterocycles. The highest BCUT2D eigenvalue weighted by molar-refractivity contribution is 14.1. The Kier molecular flexibility index (Phi) is 5.45. The first-order valence-electron chi connectivity index (χ1n) is 7.45. The molecule has 2 aromatic rings. The van der Waals surface area contributed by atoms with Gasteiger partial charge in [-0.15, -0.1) is 0 Å². The number of phenols is 1. The summed E-state index contributed by atoms with van der Waals surface area (Å²) in [5, 5.41) is 16.3. The second-order valence-corrected chi connectivity index (χ2v) is 7.49. The van der Waals surface area contributed by atoms with Crippen LogP contribution in [0.15, 0.2) is 41.0 Å². The molecule has 1 N–H and O–H groups in total. The van der Waals surface area contributed by atoms with Crippen molar-refractivity contribution in [1.82, 2.24) is 0 Å². The van der Waals surface area contributed by atoms with Gasteiger partial charge in [0.1, 0.15) is 0 Å². The molecule has 0 spiro atoms. The molecule has 1 heterocycles. The predicted octanol–water partition coefficient (Wildman–Crippen LogP) is 5.12. The van der Waals surface area contributed by atoms with Crippen LogP contribution in [0.3, 0.4) is 0 Å². The summed E-state index contributed by atoms with van der Waals surface area (Å²) in [5.74, 6) is 0.129. The molecule has 0 aliphatic carbocycles. The van der Waals surface area contributed by atoms with E-state index in [1.165, 1.54) is 12.1 Å². The van der Waals surface area contributed by atoms with Crippen molar-refractivity contribution in [3.05, 3.63) is 55.1 Å². The van der Waals surface area contributed by atoms with Crippen LogP contribution >= 0.6 is 45.8 Å². The quantitative estimate of drug-likeness (QED) is 0.468. The third-order valence-corrected chi connectivity index (χ3v) is 5.35. The number of benzene rings is 2. The first kappa shape index (κ1) is 19.0. The fourth-order valence-corrected chi connectivity index (χ4v) is 3.39. The highest BCUT2D eigenvalue weighted by atomic mass is 127. The zero-order valence-corrected chi connectivity index (χ0v) is 17.4. The molecule has 134 valence electrons. The average Bonchev–Trinajstić information content (AvgIpc) is 2.88. The van der Waals surface area contributed by atoms with Crippen molar-refractivity contribution in [2.45, 2.75) is 6.92 Å². The van der Waals surface area contributed by atoms with Gasteiger partial charge in [-0.1, -0.05) is 23.2 Å². The molecule has 0 fully saturated rings. The summed E-state index contributed by atoms with van der Waals surface area (Å²) in [4.78, 5) is 12.8. The summed E-state index contributed by atoms with van der Waals surface area (Å²) >= 11 is 14.0. The first-order valence-corrected chi connectivity index (χ1v) is 9.28. The van der Waals surface area contributed by atoms with Crippen molar-refractivity contribution in [2.75, 3.05) is 12.1 Å². The number of hydrogen-bond acceptors (Lipinski definition) is 4. The maximum absolute atomic E-state index is 12.8. The smallest absolute Gasteiger partial charge is 0.280 e. The Hall–Kier alpha value is -1.77. The van der Waals surface area contributed by atoms with Crippen molar-refractivity contribution >= 4 is 69.2 Å². The lowest BCUT2D eigenvalue weighted by molar-refractivity contribution is -0.114. The third-order valence-electron chi connectivity index (χ3n) is 3.79. The molecule has 8 heteroatoms. The van der Waals surface area contributed by atoms with Gasteiger partial charge in [0.15, 0.2) is 11.5 Å². The fraction of sp³-hybridized carbons (Fsp3) is 0.111. The molecule has 0 saturated carbocycles. The Balaban J connectivity index is 1.99. The number of nitrogens with zero attached hydrogens (tertiary/aromatic N) is 2. The summed E-state index contributed by atoms with van der Waals surface area (Å²) in [6.07, 6.45) is 1.71. The van der Waals surface area contributed by atoms with Gasteiger partial charge in [0.25, 0.3) is 5.91 Å². The highest BCUT2D eigenvalue weighted by Gasteiger charge is 2.29. The van der Waals surface area contributed by atoms with Crippen LogP contribution in [0.5, 0.6) is 11.5 Å². The van der Waals surface area contributed by atoms with E-state index in [-0.39, 0.29) is 11.7 Å². The van der Waals surface area contributed by atoms with Gasteiger partial charge in [0.2, 0.25) is 0 Å². The Morgan fingerprint density at radius 2 is 1.96 bits per heavy atom. The van der Waals surface area contributed by atoms with Crippen molar-refractivity contribution < 1.29 is 14.6 Å². The minimum absolute atomic E-state index is 0.0656. The summed E-state index contributed by atoms with van der Waals surface area (Å²) in [7, 11) is 1.47. The molecule has 0 atom stereocenters. The van der Waals surface area contributed by atoms with E-state index in [4.69, 9.17) is 27.9 Å². The molecular formula is C18H13Cl2IN2O3. The number of anilines is 1. The summed E-state index contributed by atoms with van der Waals surface area (Å²) in [6, 6.07) is 8.30. The van der Waals surface area contributed by atoms with E-state index in [0.717, 1.165) is 5.56 Å². The monoisotopic (exact) mass is 502 g/mol. The zero-order valence-electron chi connectivity index (χ0n) is 13.8. The molecule has 26 heavy (non-hydrogen) atoms. The Labute approximate surface area is 174 Å². The van der Waals surface area contributed by atoms with Gasteiger partial charge in [0, 0.05) is 0 Å². The SMILES string of the molecule is COc1cc(/C=C2/C(=O)N(c3ccc(Cl)c(Cl)c3)N=C2C)cc(I)c1O. The summed E-state index contributed by atoms with van der Waals surface area (Å²) < 4.78 is 5.78. The van der Waals surface area contributed by atoms with E-state index >= 15 is 0 Å². The van der Waals surface area contributed by atoms with Gasteiger partial charge < -0.3 is 9.84 Å². The standard InChI is InChI=1S/C18H13Cl2IN2O3/c1-9-12(5-10-6-15(21)17(24)16(7-10)26-2)18(25)23(22-9)11-3-4-13(19)14(20)8-11/h3-8,24H,1-2H3/b12-5+. The van der Waals surface area contributed by atoms with Gasteiger partial charge in [-0.3, -0.25) is 4.79 Å². The molecule has 3 rings (SSSR count). The first-order chi connectivity index (χ1) is 12.3. The molecule has 1 aliphatic rings. The van der Waals surface area contributed by atoms with Crippen molar-refractivity contribution in [2.24, 2.45) is 5.10 Å². The number of rotatable bonds is 3. The predicted molar refractivity (Wildman–Crippen MR) is 112 cm³/mol. The molecule has 2 aromatic carbocycles. The van der Waals surface area contributed by atoms with Crippen molar-refractivity contribution in [3.63, 3.8) is 0 Å². The number of methoxy groups -OCH3 is 1. The molecule has 5 nitrogen and oxygen atoms in total. The van der Waals surface area contributed by atoms with E-state index < -0.39 is 0 Å². The largest absolute Gasteiger partial charge is 0.504 e. The van der Waals surface area contributed by atoms with Crippen LogP contribution < -0.4 is 9.75 Å². The van der Waals surface area contributed by atoms with E-state index in [9.17, 15) is 9.90 Å². The minimum atomic E-state index is -0.275. The second-order valence-electron chi connectivity index (χ2n) is 5.51. The van der Waals surface area contributed by atoms with Crippen molar-refractivity contribution in [3.8, 4) is 11.5 Å². The maximum Gasteiger partial charge on any atom is 0.280 e. The second kappa shape index (κ2) is 7.46. The van der Waals surface area contributed by atoms with Crippen LogP contribution in [0, 0.1) is 3.57 Å². The van der Waals surface area contributed by atoms with E-state index in [0.29, 0.717) is 36.3 Å². The summed E-state index contributed by atoms with van der Waals surface area (Å²) in [5.41, 5.74) is 2.27. The molecule has 0 bridgehead atoms. The van der Waals surface area contributed by atoms with Crippen LogP contribution in [0.25, 0.3) is 6.08 Å². The Morgan fingerprint density at radius 1 is 1.23 bits per heavy atom. The Morgan fingerprint density at radius 3 is 2.62 bits per heavy atom. The topological polar surface area (TPSA) is 62.1 Å². The lowest BCUT2D eigenvalue weighted by atomic mass is 10.1. The van der Waals surface area contributed by atoms with Gasteiger partial charge in [-0.2, -0.15) is 10.1 Å². The van der Waals surface area contributed by atoms with Gasteiger partial charge >= 0.3 is 0 Å². The number of aromatic hydroxyl groups is 1. The lowest BCUT2D eigenvalue weighted by Crippen LogP contribution is -2.21. The number of phenolic OH excluding ortho intramolecular Hbond substituents is 1. The third kappa shape index (κ3) is 3.54. The van der Waals surface area contributed by atoms with Gasteiger partial charge in [-0.05, 0) is 71.5 Å². The van der Waals surface area contributed by atoms with E-state index in [1.807, 2.05) is 22.6 Å². The number of halogens is 3. The number of hydrogen-bond donors (Lipinski definition) is 1. The lowest BCUT2D eigenvalue weighted by Gasteiger charge is -2.12. The van der Waals surface area contributed by atoms with Crippen LogP contribution in [0.1, 0.15) is 12.5 Å². The number of hydrazone groups is 1. The molecule has 0 unspecified atom stereocenters. The van der Waals surface area contributed by atoms with E-state index in [2.05, 4.69) is 5.10 Å². The van der Waals surface area contributed by atoms with Crippen LogP contribution in [-0.4, -0.2) is 23.8 Å². The zero-order chi connectivity index (χ0) is 19.0. The van der Waals surface area contributed by atoms with Gasteiger partial charge in [-0.25, -0.2) is 0 Å². The molecular weight excluding hydrogens is 490 g/mol. The molecule has 1 aliphatic heterocycles. The normalized spacial score (nSPS) is 15.6. The van der Waals surface area contributed by atoms with Gasteiger partial charge in [0.05, 0.1) is 37.7 Å². The van der Waals surface area contributed by atoms with Crippen LogP contribution in [-0.2, 0) is 4.79 Å². The maximum atomic E-state index is 12.8. The number of amides is 1. The number of carbonyl (C=O) groups is 1. The number of ether oxygens (including phenoxy) is 1. The minimum Gasteiger partial charge on any atom is -0.504 e. The highest BCUT2D eigenvalue weighted by Crippen LogP contribution is 2.34. The van der Waals surface area contributed by atoms with Crippen molar-refractivity contribution in [1.29, 1.82) is 0 Å². The molecule has 0 radical (unpaired) electrons. The summed E-state index contributed by atoms with van der Waals surface area (Å²) in [6.45, 7) is 1.75.